The molecule has 0 nitrogen and oxygen atoms in total. The topological polar surface area (TPSA) is 0 Å². The molecule has 1 saturated carbocycles. The molecule has 0 aromatic carbocycles. The first-order valence-electron chi connectivity index (χ1n) is 10.7. The molecule has 22 heavy (non-hydrogen) atoms. The summed E-state index contributed by atoms with van der Waals surface area (Å²) in [5, 5.41) is 0. The third-order valence-electron chi connectivity index (χ3n) is 5.98. The van der Waals surface area contributed by atoms with E-state index in [9.17, 15) is 0 Å². The zero-order chi connectivity index (χ0) is 15.3. The zero-order valence-corrected chi connectivity index (χ0v) is 16.1. The molecule has 130 valence electrons. The van der Waals surface area contributed by atoms with Gasteiger partial charge < -0.3 is 0 Å². The van der Waals surface area contributed by atoms with E-state index in [-0.39, 0.29) is 0 Å². The summed E-state index contributed by atoms with van der Waals surface area (Å²) in [6, 6.07) is 0. The molecule has 1 aliphatic carbocycles. The van der Waals surface area contributed by atoms with Crippen LogP contribution in [0.5, 0.6) is 0 Å². The Balaban J connectivity index is 1.83. The van der Waals surface area contributed by atoms with Crippen LogP contribution < -0.4 is 0 Å². The monoisotopic (exact) mass is 324 g/mol. The molecule has 0 aromatic heterocycles. The van der Waals surface area contributed by atoms with E-state index in [1.807, 2.05) is 0 Å². The van der Waals surface area contributed by atoms with Crippen LogP contribution in [-0.2, 0) is 0 Å². The summed E-state index contributed by atoms with van der Waals surface area (Å²) in [6.07, 6.45) is 30.9. The van der Waals surface area contributed by atoms with Crippen LogP contribution in [0.3, 0.4) is 0 Å². The maximum atomic E-state index is 1.62. The minimum absolute atomic E-state index is 0.368. The average Bonchev–Trinajstić information content (AvgIpc) is 2.64. The van der Waals surface area contributed by atoms with Crippen LogP contribution in [0.4, 0.5) is 0 Å². The van der Waals surface area contributed by atoms with E-state index in [4.69, 9.17) is 0 Å². The van der Waals surface area contributed by atoms with Crippen LogP contribution >= 0.6 is 7.92 Å². The van der Waals surface area contributed by atoms with Crippen molar-refractivity contribution in [2.24, 2.45) is 0 Å². The molecule has 0 amide bonds. The van der Waals surface area contributed by atoms with E-state index in [0.717, 1.165) is 5.66 Å². The summed E-state index contributed by atoms with van der Waals surface area (Å²) in [7, 11) is 0.368. The highest BCUT2D eigenvalue weighted by molar-refractivity contribution is 7.58. The minimum atomic E-state index is 0.368. The fourth-order valence-electron chi connectivity index (χ4n) is 4.50. The fraction of sp³-hybridized carbons (Fsp3) is 1.00. The van der Waals surface area contributed by atoms with Crippen LogP contribution in [0.15, 0.2) is 0 Å². The molecule has 2 rings (SSSR count). The van der Waals surface area contributed by atoms with E-state index in [0.29, 0.717) is 7.92 Å². The highest BCUT2D eigenvalue weighted by atomic mass is 31.1. The lowest BCUT2D eigenvalue weighted by molar-refractivity contribution is 0.585. The van der Waals surface area contributed by atoms with Gasteiger partial charge in [-0.3, -0.25) is 0 Å². The van der Waals surface area contributed by atoms with Crippen LogP contribution in [0.2, 0.25) is 0 Å². The number of hydrogen-bond donors (Lipinski definition) is 0. The smallest absolute Gasteiger partial charge is 0.0209 e. The first-order valence-corrected chi connectivity index (χ1v) is 12.5. The molecule has 0 bridgehead atoms. The molecule has 1 saturated heterocycles. The lowest BCUT2D eigenvalue weighted by Crippen LogP contribution is -2.11. The Labute approximate surface area is 142 Å². The highest BCUT2D eigenvalue weighted by Gasteiger charge is 2.20. The van der Waals surface area contributed by atoms with Gasteiger partial charge in [-0.15, -0.1) is 7.92 Å². The van der Waals surface area contributed by atoms with Gasteiger partial charge in [0, 0.05) is 0 Å². The Bertz CT molecular complexity index is 200. The minimum Gasteiger partial charge on any atom is -0.104 e. The number of hydrogen-bond acceptors (Lipinski definition) is 0. The van der Waals surface area contributed by atoms with E-state index in [1.165, 1.54) is 77.0 Å². The molecule has 1 heterocycles. The van der Waals surface area contributed by atoms with Crippen LogP contribution in [-0.4, -0.2) is 18.0 Å². The highest BCUT2D eigenvalue weighted by Crippen LogP contribution is 2.48. The van der Waals surface area contributed by atoms with Crippen molar-refractivity contribution in [3.05, 3.63) is 0 Å². The average molecular weight is 325 g/mol. The summed E-state index contributed by atoms with van der Waals surface area (Å²) >= 11 is 0. The van der Waals surface area contributed by atoms with Crippen molar-refractivity contribution in [1.29, 1.82) is 0 Å². The number of rotatable bonds is 1. The molecule has 2 fully saturated rings. The van der Waals surface area contributed by atoms with Crippen molar-refractivity contribution in [3.8, 4) is 0 Å². The van der Waals surface area contributed by atoms with Crippen LogP contribution in [0, 0.1) is 0 Å². The maximum absolute atomic E-state index is 1.62. The van der Waals surface area contributed by atoms with Gasteiger partial charge in [-0.25, -0.2) is 0 Å². The molecule has 1 heteroatoms. The molecule has 1 aliphatic heterocycles. The Morgan fingerprint density at radius 1 is 0.364 bits per heavy atom. The van der Waals surface area contributed by atoms with E-state index in [2.05, 4.69) is 0 Å². The van der Waals surface area contributed by atoms with Gasteiger partial charge in [-0.1, -0.05) is 89.9 Å². The molecular formula is C21H41P. The van der Waals surface area contributed by atoms with E-state index in [1.54, 1.807) is 50.8 Å². The molecule has 0 N–H and O–H groups in total. The van der Waals surface area contributed by atoms with Crippen LogP contribution in [0.25, 0.3) is 0 Å². The van der Waals surface area contributed by atoms with Gasteiger partial charge in [0.1, 0.15) is 0 Å². The molecule has 0 radical (unpaired) electrons. The van der Waals surface area contributed by atoms with Crippen LogP contribution in [0.1, 0.15) is 116 Å². The van der Waals surface area contributed by atoms with Crippen molar-refractivity contribution in [1.82, 2.24) is 0 Å². The second-order valence-electron chi connectivity index (χ2n) is 7.92. The van der Waals surface area contributed by atoms with Crippen molar-refractivity contribution >= 4 is 7.92 Å². The third kappa shape index (κ3) is 8.33. The Kier molecular flexibility index (Phi) is 10.9. The van der Waals surface area contributed by atoms with Gasteiger partial charge in [0.15, 0.2) is 0 Å². The Hall–Kier alpha value is 0.430. The van der Waals surface area contributed by atoms with E-state index < -0.39 is 0 Å². The van der Waals surface area contributed by atoms with E-state index >= 15 is 0 Å². The lowest BCUT2D eigenvalue weighted by atomic mass is 10.1. The van der Waals surface area contributed by atoms with Crippen molar-refractivity contribution < 1.29 is 0 Å². The van der Waals surface area contributed by atoms with Crippen molar-refractivity contribution in [2.75, 3.05) is 12.3 Å². The first kappa shape index (κ1) is 18.8. The summed E-state index contributed by atoms with van der Waals surface area (Å²) in [5.41, 5.74) is 1.15. The summed E-state index contributed by atoms with van der Waals surface area (Å²) < 4.78 is 0. The summed E-state index contributed by atoms with van der Waals surface area (Å²) in [5.74, 6) is 0. The molecule has 0 aromatic rings. The van der Waals surface area contributed by atoms with Gasteiger partial charge >= 0.3 is 0 Å². The lowest BCUT2D eigenvalue weighted by Gasteiger charge is -2.28. The normalized spacial score (nSPS) is 26.7. The second-order valence-corrected chi connectivity index (χ2v) is 10.7. The van der Waals surface area contributed by atoms with Gasteiger partial charge in [-0.2, -0.15) is 0 Å². The van der Waals surface area contributed by atoms with Crippen molar-refractivity contribution in [2.45, 2.75) is 121 Å². The third-order valence-corrected chi connectivity index (χ3v) is 9.31. The first-order chi connectivity index (χ1) is 11.0. The molecule has 0 unspecified atom stereocenters. The fourth-order valence-corrected chi connectivity index (χ4v) is 7.81. The molecule has 0 atom stereocenters. The quantitative estimate of drug-likeness (QED) is 0.430. The Morgan fingerprint density at radius 2 is 0.682 bits per heavy atom. The van der Waals surface area contributed by atoms with Gasteiger partial charge in [0.05, 0.1) is 0 Å². The molecular weight excluding hydrogens is 283 g/mol. The Morgan fingerprint density at radius 3 is 1.09 bits per heavy atom. The van der Waals surface area contributed by atoms with Gasteiger partial charge in [0.2, 0.25) is 0 Å². The summed E-state index contributed by atoms with van der Waals surface area (Å²) in [6.45, 7) is 0. The standard InChI is InChI=1S/C21H41P/c1-2-6-10-14-18-21(17-13-9-5-1)22-19-15-11-7-3-4-8-12-16-20-22/h21H,1-20H2. The van der Waals surface area contributed by atoms with Gasteiger partial charge in [-0.05, 0) is 43.7 Å². The SMILES string of the molecule is C1CCCCCC(P2CCCCCCCCCC2)CCCC1. The second kappa shape index (κ2) is 12.8. The zero-order valence-electron chi connectivity index (χ0n) is 15.2. The summed E-state index contributed by atoms with van der Waals surface area (Å²) in [4.78, 5) is 0. The van der Waals surface area contributed by atoms with Crippen molar-refractivity contribution in [3.63, 3.8) is 0 Å². The molecule has 0 spiro atoms. The predicted octanol–water partition coefficient (Wildman–Crippen LogP) is 7.89. The maximum Gasteiger partial charge on any atom is -0.0209 e. The van der Waals surface area contributed by atoms with Gasteiger partial charge in [0.25, 0.3) is 0 Å². The largest absolute Gasteiger partial charge is 0.104 e. The molecule has 2 aliphatic rings. The predicted molar refractivity (Wildman–Crippen MR) is 104 cm³/mol.